The van der Waals surface area contributed by atoms with Crippen LogP contribution in [-0.4, -0.2) is 39.8 Å². The summed E-state index contributed by atoms with van der Waals surface area (Å²) in [5, 5.41) is 10.1. The lowest BCUT2D eigenvalue weighted by atomic mass is 9.99. The summed E-state index contributed by atoms with van der Waals surface area (Å²) in [6.45, 7) is 1.97. The lowest BCUT2D eigenvalue weighted by Gasteiger charge is -2.32. The molecule has 6 nitrogen and oxygen atoms in total. The molecule has 0 saturated carbocycles. The van der Waals surface area contributed by atoms with E-state index in [-0.39, 0.29) is 5.91 Å². The molecule has 2 aliphatic heterocycles. The zero-order valence-electron chi connectivity index (χ0n) is 12.1. The topological polar surface area (TPSA) is 67.6 Å². The van der Waals surface area contributed by atoms with Crippen LogP contribution in [0.2, 0.25) is 0 Å². The number of aromatic nitrogens is 2. The molecule has 1 aromatic heterocycles. The Balaban J connectivity index is 1.73. The highest BCUT2D eigenvalue weighted by Gasteiger charge is 2.30. The maximum Gasteiger partial charge on any atom is 0.276 e. The number of amides is 1. The predicted octanol–water partition coefficient (Wildman–Crippen LogP) is 0.977. The molecule has 2 aromatic rings. The van der Waals surface area contributed by atoms with Crippen molar-refractivity contribution < 1.29 is 14.6 Å². The van der Waals surface area contributed by atoms with Crippen LogP contribution in [0.25, 0.3) is 0 Å². The molecule has 2 aliphatic rings. The quantitative estimate of drug-likeness (QED) is 0.852. The Morgan fingerprint density at radius 3 is 3.14 bits per heavy atom. The number of β-amino-alcohol motifs (C(OH)–C–C–N with tert-alkyl or cyclic N) is 1. The highest BCUT2D eigenvalue weighted by molar-refractivity contribution is 6.05. The average molecular weight is 299 g/mol. The molecule has 22 heavy (non-hydrogen) atoms. The van der Waals surface area contributed by atoms with Gasteiger partial charge in [0.25, 0.3) is 5.91 Å². The number of nitrogens with zero attached hydrogens (tertiary/aromatic N) is 3. The molecule has 0 bridgehead atoms. The first-order valence-corrected chi connectivity index (χ1v) is 7.44. The van der Waals surface area contributed by atoms with Gasteiger partial charge in [0.05, 0.1) is 25.5 Å². The van der Waals surface area contributed by atoms with E-state index >= 15 is 0 Å². The zero-order valence-corrected chi connectivity index (χ0v) is 12.1. The van der Waals surface area contributed by atoms with E-state index < -0.39 is 6.10 Å². The number of anilines is 1. The molecule has 1 aromatic carbocycles. The Hall–Kier alpha value is -2.18. The lowest BCUT2D eigenvalue weighted by molar-refractivity contribution is 0.0780. The van der Waals surface area contributed by atoms with Gasteiger partial charge in [-0.15, -0.1) is 0 Å². The molecule has 0 saturated heterocycles. The van der Waals surface area contributed by atoms with Gasteiger partial charge in [0.1, 0.15) is 18.1 Å². The Labute approximate surface area is 127 Å². The van der Waals surface area contributed by atoms with Crippen molar-refractivity contribution in [3.05, 3.63) is 47.5 Å². The van der Waals surface area contributed by atoms with Crippen LogP contribution >= 0.6 is 0 Å². The van der Waals surface area contributed by atoms with Crippen LogP contribution in [0.5, 0.6) is 0 Å². The van der Waals surface area contributed by atoms with E-state index in [4.69, 9.17) is 4.74 Å². The number of hydrogen-bond acceptors (Lipinski definition) is 4. The molecule has 1 amide bonds. The van der Waals surface area contributed by atoms with Crippen molar-refractivity contribution in [2.75, 3.05) is 18.1 Å². The van der Waals surface area contributed by atoms with Gasteiger partial charge in [0.15, 0.2) is 0 Å². The van der Waals surface area contributed by atoms with E-state index in [1.54, 1.807) is 11.1 Å². The van der Waals surface area contributed by atoms with E-state index in [9.17, 15) is 9.90 Å². The summed E-state index contributed by atoms with van der Waals surface area (Å²) < 4.78 is 7.27. The van der Waals surface area contributed by atoms with Gasteiger partial charge in [-0.2, -0.15) is 0 Å². The summed E-state index contributed by atoms with van der Waals surface area (Å²) >= 11 is 0. The molecule has 114 valence electrons. The van der Waals surface area contributed by atoms with Gasteiger partial charge < -0.3 is 19.3 Å². The minimum atomic E-state index is -0.536. The molecule has 0 radical (unpaired) electrons. The Bertz CT molecular complexity index is 725. The van der Waals surface area contributed by atoms with E-state index in [1.165, 1.54) is 0 Å². The number of ether oxygens (including phenoxy) is 1. The molecule has 6 heteroatoms. The fraction of sp³-hybridized carbons (Fsp3) is 0.375. The second-order valence-corrected chi connectivity index (χ2v) is 5.67. The number of benzene rings is 1. The molecular weight excluding hydrogens is 282 g/mol. The van der Waals surface area contributed by atoms with E-state index in [2.05, 4.69) is 4.98 Å². The van der Waals surface area contributed by atoms with E-state index in [0.29, 0.717) is 38.4 Å². The monoisotopic (exact) mass is 299 g/mol. The third-order valence-electron chi connectivity index (χ3n) is 4.22. The Kier molecular flexibility index (Phi) is 3.20. The third kappa shape index (κ3) is 2.12. The third-order valence-corrected chi connectivity index (χ3v) is 4.22. The number of hydrogen-bond donors (Lipinski definition) is 1. The molecule has 0 aliphatic carbocycles. The van der Waals surface area contributed by atoms with E-state index in [0.717, 1.165) is 17.1 Å². The second-order valence-electron chi connectivity index (χ2n) is 5.67. The van der Waals surface area contributed by atoms with Crippen LogP contribution in [0.4, 0.5) is 5.69 Å². The largest absolute Gasteiger partial charge is 0.391 e. The number of para-hydroxylation sites is 1. The highest BCUT2D eigenvalue weighted by atomic mass is 16.5. The lowest BCUT2D eigenvalue weighted by Crippen LogP contribution is -2.43. The zero-order chi connectivity index (χ0) is 15.1. The Morgan fingerprint density at radius 1 is 1.36 bits per heavy atom. The number of fused-ring (bicyclic) bond motifs is 2. The molecule has 1 unspecified atom stereocenters. The smallest absolute Gasteiger partial charge is 0.276 e. The first-order valence-electron chi connectivity index (χ1n) is 7.44. The van der Waals surface area contributed by atoms with Crippen LogP contribution in [0.15, 0.2) is 30.5 Å². The average Bonchev–Trinajstić information content (AvgIpc) is 2.97. The van der Waals surface area contributed by atoms with Crippen LogP contribution < -0.4 is 4.90 Å². The van der Waals surface area contributed by atoms with Crippen molar-refractivity contribution in [1.29, 1.82) is 0 Å². The van der Waals surface area contributed by atoms with Gasteiger partial charge in [0, 0.05) is 18.7 Å². The number of rotatable bonds is 1. The van der Waals surface area contributed by atoms with E-state index in [1.807, 2.05) is 28.8 Å². The van der Waals surface area contributed by atoms with Crippen LogP contribution in [0.3, 0.4) is 0 Å². The van der Waals surface area contributed by atoms with Crippen molar-refractivity contribution in [2.45, 2.75) is 25.7 Å². The maximum absolute atomic E-state index is 13.0. The standard InChI is InChI=1S/C16H17N3O3/c20-12-7-11-3-1-2-4-13(11)19(9-12)16(21)14-8-17-15-10-22-6-5-18(14)15/h1-4,8,12,20H,5-7,9-10H2. The van der Waals surface area contributed by atoms with Crippen molar-refractivity contribution in [3.8, 4) is 0 Å². The van der Waals surface area contributed by atoms with Crippen molar-refractivity contribution >= 4 is 11.6 Å². The molecule has 1 N–H and O–H groups in total. The summed E-state index contributed by atoms with van der Waals surface area (Å²) in [7, 11) is 0. The summed E-state index contributed by atoms with van der Waals surface area (Å²) in [4.78, 5) is 18.9. The van der Waals surface area contributed by atoms with Gasteiger partial charge in [0.2, 0.25) is 0 Å². The molecule has 0 fully saturated rings. The minimum absolute atomic E-state index is 0.119. The highest BCUT2D eigenvalue weighted by Crippen LogP contribution is 2.28. The van der Waals surface area contributed by atoms with Gasteiger partial charge in [-0.05, 0) is 11.6 Å². The van der Waals surface area contributed by atoms with Gasteiger partial charge in [-0.1, -0.05) is 18.2 Å². The number of aliphatic hydroxyl groups excluding tert-OH is 1. The number of imidazole rings is 1. The van der Waals surface area contributed by atoms with Gasteiger partial charge in [-0.3, -0.25) is 4.79 Å². The first-order chi connectivity index (χ1) is 10.7. The van der Waals surface area contributed by atoms with Gasteiger partial charge >= 0.3 is 0 Å². The van der Waals surface area contributed by atoms with Crippen molar-refractivity contribution in [2.24, 2.45) is 0 Å². The number of carbonyl (C=O) groups is 1. The SMILES string of the molecule is O=C(c1cnc2n1CCOC2)N1CC(O)Cc2ccccc21. The fourth-order valence-electron chi connectivity index (χ4n) is 3.17. The normalized spacial score (nSPS) is 20.4. The molecule has 1 atom stereocenters. The molecule has 4 rings (SSSR count). The van der Waals surface area contributed by atoms with Crippen molar-refractivity contribution in [3.63, 3.8) is 0 Å². The van der Waals surface area contributed by atoms with Crippen molar-refractivity contribution in [1.82, 2.24) is 9.55 Å². The predicted molar refractivity (Wildman–Crippen MR) is 79.7 cm³/mol. The summed E-state index contributed by atoms with van der Waals surface area (Å²) in [6, 6.07) is 7.72. The fourth-order valence-corrected chi connectivity index (χ4v) is 3.17. The van der Waals surface area contributed by atoms with Crippen LogP contribution in [0.1, 0.15) is 21.9 Å². The summed E-state index contributed by atoms with van der Waals surface area (Å²) in [5.41, 5.74) is 2.43. The second kappa shape index (κ2) is 5.23. The Morgan fingerprint density at radius 2 is 2.23 bits per heavy atom. The number of carbonyl (C=O) groups excluding carboxylic acids is 1. The summed E-state index contributed by atoms with van der Waals surface area (Å²) in [6.07, 6.45) is 1.65. The summed E-state index contributed by atoms with van der Waals surface area (Å²) in [5.74, 6) is 0.660. The first kappa shape index (κ1) is 13.5. The molecule has 3 heterocycles. The van der Waals surface area contributed by atoms with Crippen LogP contribution in [0, 0.1) is 0 Å². The van der Waals surface area contributed by atoms with Crippen LogP contribution in [-0.2, 0) is 24.3 Å². The number of aliphatic hydroxyl groups is 1. The molecule has 0 spiro atoms. The molecular formula is C16H17N3O3. The minimum Gasteiger partial charge on any atom is -0.391 e. The van der Waals surface area contributed by atoms with Gasteiger partial charge in [-0.25, -0.2) is 4.98 Å². The maximum atomic E-state index is 13.0.